The van der Waals surface area contributed by atoms with Crippen LogP contribution in [0.25, 0.3) is 87.3 Å². The normalized spacial score (nSPS) is 14.3. The number of hydrogen-bond acceptors (Lipinski definition) is 5. The van der Waals surface area contributed by atoms with Crippen LogP contribution in [0.5, 0.6) is 0 Å². The monoisotopic (exact) mass is 686 g/mol. The van der Waals surface area contributed by atoms with Crippen molar-refractivity contribution < 1.29 is 0 Å². The van der Waals surface area contributed by atoms with Crippen LogP contribution in [0, 0.1) is 0 Å². The summed E-state index contributed by atoms with van der Waals surface area (Å²) >= 11 is 1.87. The van der Waals surface area contributed by atoms with E-state index >= 15 is 0 Å². The van der Waals surface area contributed by atoms with E-state index < -0.39 is 0 Å². The van der Waals surface area contributed by atoms with Crippen LogP contribution in [0.15, 0.2) is 145 Å². The maximum Gasteiger partial charge on any atom is 0.238 e. The highest BCUT2D eigenvalue weighted by molar-refractivity contribution is 7.27. The Kier molecular flexibility index (Phi) is 6.36. The molecule has 4 aromatic heterocycles. The van der Waals surface area contributed by atoms with Gasteiger partial charge in [-0.1, -0.05) is 116 Å². The molecule has 0 saturated carbocycles. The van der Waals surface area contributed by atoms with Crippen molar-refractivity contribution >= 4 is 70.4 Å². The Morgan fingerprint density at radius 1 is 0.577 bits per heavy atom. The van der Waals surface area contributed by atoms with Crippen molar-refractivity contribution in [1.29, 1.82) is 0 Å². The maximum atomic E-state index is 5.15. The van der Waals surface area contributed by atoms with Gasteiger partial charge in [0.15, 0.2) is 11.6 Å². The van der Waals surface area contributed by atoms with Gasteiger partial charge in [-0.15, -0.1) is 11.3 Å². The minimum Gasteiger partial charge on any atom is -0.312 e. The summed E-state index contributed by atoms with van der Waals surface area (Å²) in [7, 11) is 0. The van der Waals surface area contributed by atoms with Crippen molar-refractivity contribution in [3.8, 4) is 34.4 Å². The number of para-hydroxylation sites is 2. The lowest BCUT2D eigenvalue weighted by molar-refractivity contribution is 0.721. The maximum absolute atomic E-state index is 5.15. The number of rotatable bonds is 4. The van der Waals surface area contributed by atoms with Gasteiger partial charge in [0.1, 0.15) is 0 Å². The Labute approximate surface area is 303 Å². The Hall–Kier alpha value is -6.44. The van der Waals surface area contributed by atoms with Gasteiger partial charge in [-0.05, 0) is 30.3 Å². The molecular formula is C45H30N6S. The van der Waals surface area contributed by atoms with Crippen LogP contribution in [-0.2, 0) is 0 Å². The summed E-state index contributed by atoms with van der Waals surface area (Å²) in [4.78, 5) is 20.1. The molecule has 0 spiro atoms. The SMILES string of the molecule is CC1CN=Cc2c1n(-c1ccccc1)c1c2ccc2sc3c(ccc4c3c3ccccc3n4-c3nc(-c4ccccc4)nc(-c4ccccc4)n3)c21. The predicted molar refractivity (Wildman–Crippen MR) is 216 cm³/mol. The van der Waals surface area contributed by atoms with Gasteiger partial charge in [-0.3, -0.25) is 9.56 Å². The Bertz CT molecular complexity index is 2990. The summed E-state index contributed by atoms with van der Waals surface area (Å²) in [6.07, 6.45) is 2.09. The van der Waals surface area contributed by atoms with E-state index in [4.69, 9.17) is 19.9 Å². The number of hydrogen-bond donors (Lipinski definition) is 0. The fraction of sp³-hybridized carbons (Fsp3) is 0.0667. The number of thiophene rings is 1. The third kappa shape index (κ3) is 4.23. The number of fused-ring (bicyclic) bond motifs is 11. The first kappa shape index (κ1) is 29.3. The number of aliphatic imine (C=N–C) groups is 1. The largest absolute Gasteiger partial charge is 0.312 e. The number of nitrogens with zero attached hydrogens (tertiary/aromatic N) is 6. The van der Waals surface area contributed by atoms with Crippen molar-refractivity contribution in [2.24, 2.45) is 4.99 Å². The first-order valence-corrected chi connectivity index (χ1v) is 18.4. The van der Waals surface area contributed by atoms with Gasteiger partial charge in [0.05, 0.1) is 16.6 Å². The number of benzene rings is 6. The van der Waals surface area contributed by atoms with Gasteiger partial charge in [-0.25, -0.2) is 4.98 Å². The van der Waals surface area contributed by atoms with Crippen molar-refractivity contribution in [3.63, 3.8) is 0 Å². The molecule has 6 aromatic carbocycles. The second-order valence-corrected chi connectivity index (χ2v) is 14.6. The molecule has 1 unspecified atom stereocenters. The minimum atomic E-state index is 0.305. The molecule has 0 fully saturated rings. The molecule has 1 aliphatic heterocycles. The highest BCUT2D eigenvalue weighted by Gasteiger charge is 2.27. The van der Waals surface area contributed by atoms with Crippen LogP contribution in [0.2, 0.25) is 0 Å². The van der Waals surface area contributed by atoms with Crippen molar-refractivity contribution in [2.45, 2.75) is 12.8 Å². The summed E-state index contributed by atoms with van der Waals surface area (Å²) in [5.41, 5.74) is 9.02. The number of aromatic nitrogens is 5. The van der Waals surface area contributed by atoms with Gasteiger partial charge in [-0.2, -0.15) is 9.97 Å². The topological polar surface area (TPSA) is 60.9 Å². The third-order valence-electron chi connectivity index (χ3n) is 10.4. The van der Waals surface area contributed by atoms with Crippen molar-refractivity contribution in [2.75, 3.05) is 6.54 Å². The van der Waals surface area contributed by atoms with E-state index in [0.29, 0.717) is 23.5 Å². The molecule has 0 N–H and O–H groups in total. The zero-order chi connectivity index (χ0) is 34.3. The summed E-state index contributed by atoms with van der Waals surface area (Å²) in [6, 6.07) is 48.9. The molecular weight excluding hydrogens is 657 g/mol. The molecule has 0 saturated heterocycles. The zero-order valence-electron chi connectivity index (χ0n) is 28.2. The van der Waals surface area contributed by atoms with Gasteiger partial charge >= 0.3 is 0 Å². The molecule has 1 aliphatic rings. The summed E-state index contributed by atoms with van der Waals surface area (Å²) in [5.74, 6) is 2.19. The van der Waals surface area contributed by atoms with E-state index in [1.54, 1.807) is 0 Å². The fourth-order valence-corrected chi connectivity index (χ4v) is 9.42. The minimum absolute atomic E-state index is 0.305. The van der Waals surface area contributed by atoms with E-state index in [-0.39, 0.29) is 0 Å². The first-order valence-electron chi connectivity index (χ1n) is 17.6. The second-order valence-electron chi connectivity index (χ2n) is 13.5. The summed E-state index contributed by atoms with van der Waals surface area (Å²) < 4.78 is 7.25. The van der Waals surface area contributed by atoms with E-state index in [9.17, 15) is 0 Å². The van der Waals surface area contributed by atoms with E-state index in [1.807, 2.05) is 47.7 Å². The fourth-order valence-electron chi connectivity index (χ4n) is 8.16. The first-order chi connectivity index (χ1) is 25.7. The average Bonchev–Trinajstić information content (AvgIpc) is 3.87. The Balaban J connectivity index is 1.24. The van der Waals surface area contributed by atoms with Gasteiger partial charge in [0.25, 0.3) is 0 Å². The molecule has 246 valence electrons. The van der Waals surface area contributed by atoms with Crippen LogP contribution in [0.1, 0.15) is 24.1 Å². The van der Waals surface area contributed by atoms with Crippen LogP contribution in [0.4, 0.5) is 0 Å². The molecule has 0 aliphatic carbocycles. The second kappa shape index (κ2) is 11.3. The summed E-state index contributed by atoms with van der Waals surface area (Å²) in [5, 5.41) is 6.17. The molecule has 7 heteroatoms. The van der Waals surface area contributed by atoms with Crippen molar-refractivity contribution in [3.05, 3.63) is 151 Å². The Morgan fingerprint density at radius 3 is 1.96 bits per heavy atom. The van der Waals surface area contributed by atoms with Gasteiger partial charge in [0, 0.05) is 83.1 Å². The molecule has 52 heavy (non-hydrogen) atoms. The molecule has 0 radical (unpaired) electrons. The standard InChI is InChI=1S/C45H30N6S/c1-27-25-46-26-34-31-22-24-37-39(41(31)50(40(27)34)30-17-9-4-10-18-30)33-21-23-36-38(42(33)52-37)32-19-11-12-20-35(32)51(36)45-48-43(28-13-5-2-6-14-28)47-44(49-45)29-15-7-3-8-16-29/h2-24,26-27H,25H2,1H3. The molecule has 5 heterocycles. The zero-order valence-corrected chi connectivity index (χ0v) is 29.0. The molecule has 6 nitrogen and oxygen atoms in total. The van der Waals surface area contributed by atoms with Gasteiger partial charge in [0.2, 0.25) is 5.95 Å². The highest BCUT2D eigenvalue weighted by Crippen LogP contribution is 2.47. The van der Waals surface area contributed by atoms with E-state index in [0.717, 1.165) is 28.7 Å². The van der Waals surface area contributed by atoms with E-state index in [2.05, 4.69) is 125 Å². The molecule has 0 bridgehead atoms. The lowest BCUT2D eigenvalue weighted by Crippen LogP contribution is -2.12. The molecule has 0 amide bonds. The predicted octanol–water partition coefficient (Wildman–Crippen LogP) is 11.2. The van der Waals surface area contributed by atoms with Crippen molar-refractivity contribution in [1.82, 2.24) is 24.1 Å². The molecule has 10 aromatic rings. The average molecular weight is 687 g/mol. The van der Waals surface area contributed by atoms with Crippen LogP contribution >= 0.6 is 11.3 Å². The lowest BCUT2D eigenvalue weighted by atomic mass is 9.99. The highest BCUT2D eigenvalue weighted by atomic mass is 32.1. The molecule has 11 rings (SSSR count). The van der Waals surface area contributed by atoms with Crippen LogP contribution < -0.4 is 0 Å². The van der Waals surface area contributed by atoms with Crippen LogP contribution in [-0.4, -0.2) is 36.8 Å². The van der Waals surface area contributed by atoms with Crippen LogP contribution in [0.3, 0.4) is 0 Å². The lowest BCUT2D eigenvalue weighted by Gasteiger charge is -2.19. The van der Waals surface area contributed by atoms with E-state index in [1.165, 1.54) is 58.8 Å². The molecule has 1 atom stereocenters. The quantitative estimate of drug-likeness (QED) is 0.185. The third-order valence-corrected chi connectivity index (χ3v) is 11.6. The summed E-state index contributed by atoms with van der Waals surface area (Å²) in [6.45, 7) is 3.08. The Morgan fingerprint density at radius 2 is 1.23 bits per heavy atom. The smallest absolute Gasteiger partial charge is 0.238 e. The van der Waals surface area contributed by atoms with Gasteiger partial charge < -0.3 is 4.57 Å².